The van der Waals surface area contributed by atoms with Gasteiger partial charge in [-0.15, -0.1) is 0 Å². The number of nitrogens with one attached hydrogen (secondary N) is 2. The van der Waals surface area contributed by atoms with Crippen molar-refractivity contribution in [1.29, 1.82) is 0 Å². The molecule has 4 aromatic rings. The molecule has 1 fully saturated rings. The van der Waals surface area contributed by atoms with Crippen molar-refractivity contribution in [3.8, 4) is 0 Å². The first-order valence-electron chi connectivity index (χ1n) is 13.8. The molecule has 1 saturated heterocycles. The van der Waals surface area contributed by atoms with Gasteiger partial charge in [-0.3, -0.25) is 4.79 Å². The van der Waals surface area contributed by atoms with E-state index in [-0.39, 0.29) is 18.2 Å². The summed E-state index contributed by atoms with van der Waals surface area (Å²) in [6.45, 7) is 0.880. The van der Waals surface area contributed by atoms with E-state index >= 15 is 4.39 Å². The summed E-state index contributed by atoms with van der Waals surface area (Å²) in [5.41, 5.74) is 1.99. The van der Waals surface area contributed by atoms with Gasteiger partial charge in [0.2, 0.25) is 5.95 Å². The van der Waals surface area contributed by atoms with E-state index in [1.165, 1.54) is 12.1 Å². The molecule has 3 aromatic carbocycles. The topological polar surface area (TPSA) is 117 Å². The highest BCUT2D eigenvalue weighted by atomic mass is 19.1. The number of benzene rings is 3. The van der Waals surface area contributed by atoms with Crippen LogP contribution < -0.4 is 15.5 Å². The Morgan fingerprint density at radius 2 is 1.55 bits per heavy atom. The van der Waals surface area contributed by atoms with E-state index in [9.17, 15) is 14.7 Å². The SMILES string of the molecule is O=C(NC[C@H](O)C(=O)OC(c1ccccc1)c1ccccc1)c1ccc(N2CCC(Nc3ncccn3)CC2)c(F)c1. The molecule has 1 aliphatic rings. The monoisotopic (exact) mass is 569 g/mol. The molecule has 0 spiro atoms. The minimum absolute atomic E-state index is 0.0843. The summed E-state index contributed by atoms with van der Waals surface area (Å²) >= 11 is 0. The molecule has 10 heteroatoms. The molecule has 42 heavy (non-hydrogen) atoms. The van der Waals surface area contributed by atoms with Crippen molar-refractivity contribution in [2.75, 3.05) is 29.9 Å². The third-order valence-corrected chi connectivity index (χ3v) is 7.11. The maximum Gasteiger partial charge on any atom is 0.337 e. The molecule has 0 unspecified atom stereocenters. The fourth-order valence-corrected chi connectivity index (χ4v) is 4.88. The first-order valence-corrected chi connectivity index (χ1v) is 13.8. The van der Waals surface area contributed by atoms with E-state index in [4.69, 9.17) is 4.74 Å². The Balaban J connectivity index is 1.14. The smallest absolute Gasteiger partial charge is 0.337 e. The molecule has 1 aliphatic heterocycles. The van der Waals surface area contributed by atoms with Gasteiger partial charge in [0.05, 0.1) is 12.2 Å². The van der Waals surface area contributed by atoms with Crippen LogP contribution in [0.4, 0.5) is 16.0 Å². The van der Waals surface area contributed by atoms with Gasteiger partial charge in [0.25, 0.3) is 5.91 Å². The fourth-order valence-electron chi connectivity index (χ4n) is 4.88. The van der Waals surface area contributed by atoms with Crippen LogP contribution in [0.5, 0.6) is 0 Å². The number of rotatable bonds is 10. The van der Waals surface area contributed by atoms with Crippen LogP contribution in [-0.4, -0.2) is 58.7 Å². The molecule has 1 amide bonds. The van der Waals surface area contributed by atoms with Crippen LogP contribution in [0.2, 0.25) is 0 Å². The highest BCUT2D eigenvalue weighted by Gasteiger charge is 2.26. The van der Waals surface area contributed by atoms with Crippen LogP contribution in [0.1, 0.15) is 40.4 Å². The van der Waals surface area contributed by atoms with Crippen molar-refractivity contribution in [3.05, 3.63) is 120 Å². The lowest BCUT2D eigenvalue weighted by Crippen LogP contribution is -2.40. The number of carbonyl (C=O) groups is 2. The van der Waals surface area contributed by atoms with E-state index in [0.29, 0.717) is 24.7 Å². The predicted molar refractivity (Wildman–Crippen MR) is 156 cm³/mol. The largest absolute Gasteiger partial charge is 0.451 e. The molecule has 9 nitrogen and oxygen atoms in total. The van der Waals surface area contributed by atoms with Gasteiger partial charge in [0.1, 0.15) is 5.82 Å². The van der Waals surface area contributed by atoms with Gasteiger partial charge in [0, 0.05) is 37.1 Å². The van der Waals surface area contributed by atoms with E-state index < -0.39 is 29.9 Å². The molecule has 216 valence electrons. The molecular weight excluding hydrogens is 537 g/mol. The first kappa shape index (κ1) is 28.7. The second kappa shape index (κ2) is 13.7. The molecule has 0 bridgehead atoms. The Bertz CT molecular complexity index is 1430. The van der Waals surface area contributed by atoms with E-state index in [2.05, 4.69) is 20.6 Å². The van der Waals surface area contributed by atoms with Crippen LogP contribution in [0, 0.1) is 5.82 Å². The lowest BCUT2D eigenvalue weighted by atomic mass is 10.0. The number of hydrogen-bond donors (Lipinski definition) is 3. The minimum atomic E-state index is -1.61. The second-order valence-corrected chi connectivity index (χ2v) is 10.0. The van der Waals surface area contributed by atoms with Crippen LogP contribution in [-0.2, 0) is 9.53 Å². The number of nitrogens with zero attached hydrogens (tertiary/aromatic N) is 3. The molecule has 1 aromatic heterocycles. The average molecular weight is 570 g/mol. The second-order valence-electron chi connectivity index (χ2n) is 10.0. The molecule has 0 radical (unpaired) electrons. The lowest BCUT2D eigenvalue weighted by molar-refractivity contribution is -0.157. The summed E-state index contributed by atoms with van der Waals surface area (Å²) in [4.78, 5) is 35.8. The highest BCUT2D eigenvalue weighted by Crippen LogP contribution is 2.27. The molecule has 1 atom stereocenters. The Morgan fingerprint density at radius 1 is 0.929 bits per heavy atom. The van der Waals surface area contributed by atoms with Gasteiger partial charge >= 0.3 is 5.97 Å². The van der Waals surface area contributed by atoms with Crippen molar-refractivity contribution < 1.29 is 23.8 Å². The number of carbonyl (C=O) groups excluding carboxylic acids is 2. The minimum Gasteiger partial charge on any atom is -0.451 e. The van der Waals surface area contributed by atoms with Gasteiger partial charge in [-0.1, -0.05) is 60.7 Å². The van der Waals surface area contributed by atoms with Gasteiger partial charge in [-0.25, -0.2) is 19.2 Å². The number of anilines is 2. The van der Waals surface area contributed by atoms with Gasteiger partial charge in [-0.2, -0.15) is 0 Å². The predicted octanol–water partition coefficient (Wildman–Crippen LogP) is 4.12. The number of amides is 1. The summed E-state index contributed by atoms with van der Waals surface area (Å²) in [5.74, 6) is -1.44. The Labute approximate surface area is 243 Å². The zero-order chi connectivity index (χ0) is 29.3. The van der Waals surface area contributed by atoms with Crippen LogP contribution >= 0.6 is 0 Å². The standard InChI is InChI=1S/C32H32FN5O4/c33-26-20-24(12-13-27(26)38-18-14-25(15-19-38)37-32-34-16-7-17-35-32)30(40)36-21-28(39)31(41)42-29(22-8-3-1-4-9-22)23-10-5-2-6-11-23/h1-13,16-17,20,25,28-29,39H,14-15,18-19,21H2,(H,36,40)(H,34,35,37)/t28-/m0/s1. The number of ether oxygens (including phenoxy) is 1. The summed E-state index contributed by atoms with van der Waals surface area (Å²) in [6, 6.07) is 24.6. The summed E-state index contributed by atoms with van der Waals surface area (Å²) in [7, 11) is 0. The summed E-state index contributed by atoms with van der Waals surface area (Å²) in [6.07, 6.45) is 2.59. The van der Waals surface area contributed by atoms with Crippen LogP contribution in [0.25, 0.3) is 0 Å². The molecular formula is C32H32FN5O4. The van der Waals surface area contributed by atoms with Crippen molar-refractivity contribution >= 4 is 23.5 Å². The number of aromatic nitrogens is 2. The van der Waals surface area contributed by atoms with E-state index in [1.54, 1.807) is 24.5 Å². The molecule has 5 rings (SSSR count). The Kier molecular flexibility index (Phi) is 9.35. The summed E-state index contributed by atoms with van der Waals surface area (Å²) in [5, 5.41) is 16.3. The molecule has 2 heterocycles. The molecule has 3 N–H and O–H groups in total. The van der Waals surface area contributed by atoms with Crippen LogP contribution in [0.15, 0.2) is 97.3 Å². The maximum absolute atomic E-state index is 15.1. The molecule has 0 aliphatic carbocycles. The number of esters is 1. The zero-order valence-electron chi connectivity index (χ0n) is 22.9. The Morgan fingerprint density at radius 3 is 2.14 bits per heavy atom. The number of piperidine rings is 1. The number of halogens is 1. The lowest BCUT2D eigenvalue weighted by Gasteiger charge is -2.34. The first-order chi connectivity index (χ1) is 20.5. The maximum atomic E-state index is 15.1. The average Bonchev–Trinajstić information content (AvgIpc) is 3.04. The normalized spacial score (nSPS) is 14.3. The third-order valence-electron chi connectivity index (χ3n) is 7.11. The quantitative estimate of drug-likeness (QED) is 0.244. The van der Waals surface area contributed by atoms with E-state index in [0.717, 1.165) is 24.0 Å². The van der Waals surface area contributed by atoms with E-state index in [1.807, 2.05) is 65.6 Å². The van der Waals surface area contributed by atoms with Crippen molar-refractivity contribution in [1.82, 2.24) is 15.3 Å². The Hall–Kier alpha value is -4.83. The third kappa shape index (κ3) is 7.27. The van der Waals surface area contributed by atoms with Crippen molar-refractivity contribution in [3.63, 3.8) is 0 Å². The number of aliphatic hydroxyl groups excluding tert-OH is 1. The van der Waals surface area contributed by atoms with Crippen LogP contribution in [0.3, 0.4) is 0 Å². The summed E-state index contributed by atoms with van der Waals surface area (Å²) < 4.78 is 20.7. The van der Waals surface area contributed by atoms with Gasteiger partial charge in [-0.05, 0) is 48.2 Å². The van der Waals surface area contributed by atoms with Gasteiger partial charge in [0.15, 0.2) is 12.2 Å². The van der Waals surface area contributed by atoms with Crippen molar-refractivity contribution in [2.45, 2.75) is 31.1 Å². The number of aliphatic hydroxyl groups is 1. The fraction of sp³-hybridized carbons (Fsp3) is 0.250. The van der Waals surface area contributed by atoms with Crippen molar-refractivity contribution in [2.24, 2.45) is 0 Å². The highest BCUT2D eigenvalue weighted by molar-refractivity contribution is 5.95. The molecule has 0 saturated carbocycles. The number of hydrogen-bond acceptors (Lipinski definition) is 8. The van der Waals surface area contributed by atoms with Gasteiger partial charge < -0.3 is 25.4 Å². The zero-order valence-corrected chi connectivity index (χ0v) is 22.9.